The maximum Gasteiger partial charge on any atom is 0.269 e. The highest BCUT2D eigenvalue weighted by Gasteiger charge is 2.32. The zero-order chi connectivity index (χ0) is 14.8. The van der Waals surface area contributed by atoms with Crippen LogP contribution in [0.15, 0.2) is 29.2 Å². The molecule has 0 aromatic heterocycles. The first-order chi connectivity index (χ1) is 9.45. The number of sulfonamides is 1. The smallest absolute Gasteiger partial charge is 0.269 e. The van der Waals surface area contributed by atoms with Crippen LogP contribution < -0.4 is 5.73 Å². The molecule has 2 rings (SSSR count). The van der Waals surface area contributed by atoms with Crippen LogP contribution in [-0.2, 0) is 10.0 Å². The molecule has 8 heteroatoms. The number of nitrogens with zero attached hydrogens (tertiary/aromatic N) is 2. The summed E-state index contributed by atoms with van der Waals surface area (Å²) < 4.78 is 26.2. The van der Waals surface area contributed by atoms with E-state index in [2.05, 4.69) is 0 Å². The number of hydrogen-bond acceptors (Lipinski definition) is 5. The van der Waals surface area contributed by atoms with Crippen molar-refractivity contribution in [1.82, 2.24) is 4.31 Å². The first-order valence-electron chi connectivity index (χ1n) is 6.40. The number of rotatable bonds is 5. The highest BCUT2D eigenvalue weighted by molar-refractivity contribution is 7.89. The number of hydrogen-bond donors (Lipinski definition) is 1. The SMILES string of the molecule is NCCC1CCN(S(=O)(=O)c2ccc([N+](=O)[O-])cc2)C1. The summed E-state index contributed by atoms with van der Waals surface area (Å²) in [4.78, 5) is 10.1. The maximum absolute atomic E-state index is 12.4. The van der Waals surface area contributed by atoms with Gasteiger partial charge in [0.25, 0.3) is 5.69 Å². The lowest BCUT2D eigenvalue weighted by Crippen LogP contribution is -2.29. The van der Waals surface area contributed by atoms with Crippen molar-refractivity contribution in [2.45, 2.75) is 17.7 Å². The molecular weight excluding hydrogens is 282 g/mol. The monoisotopic (exact) mass is 299 g/mol. The van der Waals surface area contributed by atoms with Gasteiger partial charge in [0.2, 0.25) is 10.0 Å². The third-order valence-electron chi connectivity index (χ3n) is 3.51. The largest absolute Gasteiger partial charge is 0.330 e. The van der Waals surface area contributed by atoms with Gasteiger partial charge in [0, 0.05) is 25.2 Å². The van der Waals surface area contributed by atoms with Crippen LogP contribution in [0.25, 0.3) is 0 Å². The molecule has 0 spiro atoms. The van der Waals surface area contributed by atoms with Crippen LogP contribution in [0.5, 0.6) is 0 Å². The van der Waals surface area contributed by atoms with Gasteiger partial charge in [-0.05, 0) is 37.4 Å². The van der Waals surface area contributed by atoms with Crippen LogP contribution in [0.4, 0.5) is 5.69 Å². The Kier molecular flexibility index (Phi) is 4.36. The van der Waals surface area contributed by atoms with E-state index in [9.17, 15) is 18.5 Å². The predicted octanol–water partition coefficient (Wildman–Crippen LogP) is 0.954. The maximum atomic E-state index is 12.4. The summed E-state index contributed by atoms with van der Waals surface area (Å²) in [5.41, 5.74) is 5.37. The molecule has 7 nitrogen and oxygen atoms in total. The van der Waals surface area contributed by atoms with Crippen molar-refractivity contribution >= 4 is 15.7 Å². The Morgan fingerprint density at radius 3 is 2.55 bits per heavy atom. The van der Waals surface area contributed by atoms with Crippen LogP contribution in [0.3, 0.4) is 0 Å². The van der Waals surface area contributed by atoms with E-state index in [1.807, 2.05) is 0 Å². The Morgan fingerprint density at radius 2 is 2.00 bits per heavy atom. The number of non-ortho nitro benzene ring substituents is 1. The third kappa shape index (κ3) is 2.97. The van der Waals surface area contributed by atoms with Gasteiger partial charge in [-0.1, -0.05) is 0 Å². The number of nitro groups is 1. The van der Waals surface area contributed by atoms with Gasteiger partial charge in [-0.2, -0.15) is 4.31 Å². The lowest BCUT2D eigenvalue weighted by molar-refractivity contribution is -0.384. The molecule has 1 aliphatic heterocycles. The van der Waals surface area contributed by atoms with Gasteiger partial charge in [0.15, 0.2) is 0 Å². The molecule has 1 aromatic carbocycles. The fourth-order valence-electron chi connectivity index (χ4n) is 2.38. The zero-order valence-electron chi connectivity index (χ0n) is 10.9. The molecule has 1 fully saturated rings. The summed E-state index contributed by atoms with van der Waals surface area (Å²) in [5, 5.41) is 10.6. The molecule has 1 heterocycles. The minimum atomic E-state index is -3.56. The summed E-state index contributed by atoms with van der Waals surface area (Å²) in [6.07, 6.45) is 1.62. The molecule has 0 saturated carbocycles. The minimum absolute atomic E-state index is 0.0940. The number of benzene rings is 1. The molecule has 1 unspecified atom stereocenters. The molecule has 0 aliphatic carbocycles. The van der Waals surface area contributed by atoms with Gasteiger partial charge >= 0.3 is 0 Å². The van der Waals surface area contributed by atoms with Gasteiger partial charge in [0.05, 0.1) is 9.82 Å². The van der Waals surface area contributed by atoms with E-state index in [-0.39, 0.29) is 10.6 Å². The summed E-state index contributed by atoms with van der Waals surface area (Å²) in [5.74, 6) is 0.299. The summed E-state index contributed by atoms with van der Waals surface area (Å²) in [6, 6.07) is 4.98. The molecule has 20 heavy (non-hydrogen) atoms. The zero-order valence-corrected chi connectivity index (χ0v) is 11.8. The summed E-state index contributed by atoms with van der Waals surface area (Å²) in [7, 11) is -3.56. The minimum Gasteiger partial charge on any atom is -0.330 e. The van der Waals surface area contributed by atoms with Crippen molar-refractivity contribution in [3.63, 3.8) is 0 Å². The normalized spacial score (nSPS) is 20.1. The molecule has 2 N–H and O–H groups in total. The van der Waals surface area contributed by atoms with Gasteiger partial charge in [-0.25, -0.2) is 8.42 Å². The molecule has 0 bridgehead atoms. The fraction of sp³-hybridized carbons (Fsp3) is 0.500. The second-order valence-electron chi connectivity index (χ2n) is 4.85. The van der Waals surface area contributed by atoms with E-state index < -0.39 is 14.9 Å². The summed E-state index contributed by atoms with van der Waals surface area (Å²) in [6.45, 7) is 1.50. The Morgan fingerprint density at radius 1 is 1.35 bits per heavy atom. The Labute approximate surface area is 117 Å². The van der Waals surface area contributed by atoms with Crippen molar-refractivity contribution in [2.75, 3.05) is 19.6 Å². The molecule has 0 radical (unpaired) electrons. The van der Waals surface area contributed by atoms with Crippen LogP contribution in [-0.4, -0.2) is 37.3 Å². The fourth-order valence-corrected chi connectivity index (χ4v) is 3.91. The highest BCUT2D eigenvalue weighted by Crippen LogP contribution is 2.26. The lowest BCUT2D eigenvalue weighted by Gasteiger charge is -2.16. The quantitative estimate of drug-likeness (QED) is 0.643. The Balaban J connectivity index is 2.16. The highest BCUT2D eigenvalue weighted by atomic mass is 32.2. The lowest BCUT2D eigenvalue weighted by atomic mass is 10.1. The Bertz CT molecular complexity index is 585. The van der Waals surface area contributed by atoms with E-state index in [1.54, 1.807) is 0 Å². The number of nitrogens with two attached hydrogens (primary N) is 1. The van der Waals surface area contributed by atoms with Gasteiger partial charge in [-0.15, -0.1) is 0 Å². The average molecular weight is 299 g/mol. The van der Waals surface area contributed by atoms with Crippen molar-refractivity contribution in [3.05, 3.63) is 34.4 Å². The molecule has 1 aromatic rings. The van der Waals surface area contributed by atoms with E-state index in [0.29, 0.717) is 25.6 Å². The first-order valence-corrected chi connectivity index (χ1v) is 7.84. The van der Waals surface area contributed by atoms with Crippen LogP contribution in [0.1, 0.15) is 12.8 Å². The van der Waals surface area contributed by atoms with Gasteiger partial charge in [-0.3, -0.25) is 10.1 Å². The molecule has 1 saturated heterocycles. The molecule has 1 atom stereocenters. The van der Waals surface area contributed by atoms with Crippen LogP contribution in [0, 0.1) is 16.0 Å². The molecule has 0 amide bonds. The first kappa shape index (κ1) is 14.9. The van der Waals surface area contributed by atoms with E-state index in [4.69, 9.17) is 5.73 Å². The van der Waals surface area contributed by atoms with Gasteiger partial charge < -0.3 is 5.73 Å². The van der Waals surface area contributed by atoms with Crippen molar-refractivity contribution in [1.29, 1.82) is 0 Å². The topological polar surface area (TPSA) is 107 Å². The second-order valence-corrected chi connectivity index (χ2v) is 6.78. The van der Waals surface area contributed by atoms with Crippen LogP contribution in [0.2, 0.25) is 0 Å². The van der Waals surface area contributed by atoms with Crippen molar-refractivity contribution in [2.24, 2.45) is 11.7 Å². The van der Waals surface area contributed by atoms with Crippen molar-refractivity contribution < 1.29 is 13.3 Å². The second kappa shape index (κ2) is 5.86. The third-order valence-corrected chi connectivity index (χ3v) is 5.39. The predicted molar refractivity (Wildman–Crippen MR) is 73.6 cm³/mol. The summed E-state index contributed by atoms with van der Waals surface area (Å²) >= 11 is 0. The molecule has 1 aliphatic rings. The van der Waals surface area contributed by atoms with E-state index in [1.165, 1.54) is 28.6 Å². The molecular formula is C12H17N3O4S. The van der Waals surface area contributed by atoms with Crippen LogP contribution >= 0.6 is 0 Å². The standard InChI is InChI=1S/C12H17N3O4S/c13-7-5-10-6-8-14(9-10)20(18,19)12-3-1-11(2-4-12)15(16)17/h1-4,10H,5-9,13H2. The average Bonchev–Trinajstić information content (AvgIpc) is 2.88. The molecule has 110 valence electrons. The van der Waals surface area contributed by atoms with Crippen molar-refractivity contribution in [3.8, 4) is 0 Å². The number of nitro benzene ring substituents is 1. The Hall–Kier alpha value is -1.51. The van der Waals surface area contributed by atoms with E-state index >= 15 is 0 Å². The van der Waals surface area contributed by atoms with E-state index in [0.717, 1.165) is 12.8 Å². The van der Waals surface area contributed by atoms with Gasteiger partial charge in [0.1, 0.15) is 0 Å².